The lowest BCUT2D eigenvalue weighted by Gasteiger charge is -2.13. The van der Waals surface area contributed by atoms with E-state index in [1.165, 1.54) is 6.20 Å². The minimum absolute atomic E-state index is 0.298. The maximum atomic E-state index is 12.0. The molecule has 0 saturated heterocycles. The summed E-state index contributed by atoms with van der Waals surface area (Å²) in [4.78, 5) is 15.9. The van der Waals surface area contributed by atoms with E-state index >= 15 is 0 Å². The van der Waals surface area contributed by atoms with Crippen molar-refractivity contribution < 1.29 is 9.53 Å². The summed E-state index contributed by atoms with van der Waals surface area (Å²) in [5.74, 6) is 0.330. The van der Waals surface area contributed by atoms with Crippen LogP contribution in [0.2, 0.25) is 5.15 Å². The second kappa shape index (κ2) is 4.89. The fourth-order valence-corrected chi connectivity index (χ4v) is 2.03. The molecule has 0 radical (unpaired) electrons. The first-order valence-electron chi connectivity index (χ1n) is 5.86. The Morgan fingerprint density at radius 3 is 3.16 bits per heavy atom. The van der Waals surface area contributed by atoms with Gasteiger partial charge in [-0.1, -0.05) is 11.6 Å². The molecule has 0 aliphatic carbocycles. The van der Waals surface area contributed by atoms with Crippen molar-refractivity contribution in [3.05, 3.63) is 35.2 Å². The number of aromatic nitrogens is 3. The number of nitrogens with zero attached hydrogens (tertiary/aromatic N) is 3. The van der Waals surface area contributed by atoms with Crippen LogP contribution in [-0.4, -0.2) is 27.3 Å². The zero-order valence-electron chi connectivity index (χ0n) is 9.97. The number of ether oxygens (including phenoxy) is 1. The van der Waals surface area contributed by atoms with Gasteiger partial charge in [0.2, 0.25) is 5.88 Å². The quantitative estimate of drug-likeness (QED) is 0.853. The van der Waals surface area contributed by atoms with Gasteiger partial charge in [0, 0.05) is 30.9 Å². The van der Waals surface area contributed by atoms with Crippen molar-refractivity contribution in [3.8, 4) is 5.88 Å². The third kappa shape index (κ3) is 2.53. The Morgan fingerprint density at radius 1 is 1.47 bits per heavy atom. The third-order valence-corrected chi connectivity index (χ3v) is 2.93. The van der Waals surface area contributed by atoms with Crippen LogP contribution < -0.4 is 10.1 Å². The molecule has 2 aromatic heterocycles. The Bertz CT molecular complexity index is 602. The summed E-state index contributed by atoms with van der Waals surface area (Å²) in [6.07, 6.45) is 2.43. The summed E-state index contributed by atoms with van der Waals surface area (Å²) >= 11 is 5.75. The van der Waals surface area contributed by atoms with E-state index in [1.807, 2.05) is 0 Å². The van der Waals surface area contributed by atoms with Crippen molar-refractivity contribution in [2.45, 2.75) is 13.0 Å². The molecule has 0 saturated carbocycles. The first-order chi connectivity index (χ1) is 9.22. The Balaban J connectivity index is 1.78. The highest BCUT2D eigenvalue weighted by molar-refractivity contribution is 6.29. The minimum atomic E-state index is -0.298. The highest BCUT2D eigenvalue weighted by atomic mass is 35.5. The molecule has 0 spiro atoms. The van der Waals surface area contributed by atoms with Crippen LogP contribution in [-0.2, 0) is 6.54 Å². The van der Waals surface area contributed by atoms with E-state index in [-0.39, 0.29) is 5.91 Å². The van der Waals surface area contributed by atoms with Gasteiger partial charge in [-0.05, 0) is 12.1 Å². The van der Waals surface area contributed by atoms with Crippen molar-refractivity contribution in [1.82, 2.24) is 14.8 Å². The predicted octanol–water partition coefficient (Wildman–Crippen LogP) is 1.97. The van der Waals surface area contributed by atoms with Crippen molar-refractivity contribution in [2.75, 3.05) is 11.9 Å². The van der Waals surface area contributed by atoms with Gasteiger partial charge in [-0.2, -0.15) is 5.10 Å². The van der Waals surface area contributed by atoms with Crippen LogP contribution in [0.5, 0.6) is 5.88 Å². The molecule has 6 nitrogen and oxygen atoms in total. The van der Waals surface area contributed by atoms with Gasteiger partial charge in [-0.15, -0.1) is 0 Å². The molecule has 0 aromatic carbocycles. The fraction of sp³-hybridized carbons (Fsp3) is 0.250. The number of fused-ring (bicyclic) bond motifs is 1. The lowest BCUT2D eigenvalue weighted by Crippen LogP contribution is -2.16. The lowest BCUT2D eigenvalue weighted by atomic mass is 10.3. The average molecular weight is 279 g/mol. The van der Waals surface area contributed by atoms with Gasteiger partial charge in [-0.25, -0.2) is 9.67 Å². The van der Waals surface area contributed by atoms with Crippen LogP contribution in [0.3, 0.4) is 0 Å². The molecular weight excluding hydrogens is 268 g/mol. The minimum Gasteiger partial charge on any atom is -0.478 e. The zero-order chi connectivity index (χ0) is 13.2. The molecule has 98 valence electrons. The normalized spacial score (nSPS) is 13.5. The van der Waals surface area contributed by atoms with Crippen LogP contribution in [0, 0.1) is 0 Å². The number of aryl methyl sites for hydroxylation is 1. The van der Waals surface area contributed by atoms with Crippen molar-refractivity contribution in [3.63, 3.8) is 0 Å². The van der Waals surface area contributed by atoms with E-state index in [9.17, 15) is 4.79 Å². The Labute approximate surface area is 114 Å². The first-order valence-corrected chi connectivity index (χ1v) is 6.24. The molecule has 0 atom stereocenters. The molecule has 1 N–H and O–H groups in total. The molecule has 2 aromatic rings. The van der Waals surface area contributed by atoms with Crippen LogP contribution in [0.25, 0.3) is 0 Å². The SMILES string of the molecule is O=C(Nc1ccnc(Cl)c1)c1cc2n(n1)CCCO2. The van der Waals surface area contributed by atoms with Gasteiger partial charge < -0.3 is 10.1 Å². The molecule has 1 aliphatic heterocycles. The van der Waals surface area contributed by atoms with Gasteiger partial charge in [-0.3, -0.25) is 4.79 Å². The van der Waals surface area contributed by atoms with Crippen LogP contribution in [0.4, 0.5) is 5.69 Å². The molecule has 1 aliphatic rings. The molecule has 0 unspecified atom stereocenters. The molecule has 7 heteroatoms. The van der Waals surface area contributed by atoms with Crippen molar-refractivity contribution >= 4 is 23.2 Å². The molecule has 3 rings (SSSR count). The van der Waals surface area contributed by atoms with E-state index < -0.39 is 0 Å². The molecule has 0 bridgehead atoms. The number of hydrogen-bond acceptors (Lipinski definition) is 4. The fourth-order valence-electron chi connectivity index (χ4n) is 1.85. The first kappa shape index (κ1) is 12.0. The average Bonchev–Trinajstić information content (AvgIpc) is 2.82. The van der Waals surface area contributed by atoms with Gasteiger partial charge in [0.1, 0.15) is 5.15 Å². The maximum Gasteiger partial charge on any atom is 0.276 e. The summed E-state index contributed by atoms with van der Waals surface area (Å²) in [7, 11) is 0. The molecule has 1 amide bonds. The predicted molar refractivity (Wildman–Crippen MR) is 69.5 cm³/mol. The smallest absolute Gasteiger partial charge is 0.276 e. The van der Waals surface area contributed by atoms with Crippen molar-refractivity contribution in [1.29, 1.82) is 0 Å². The highest BCUT2D eigenvalue weighted by Crippen LogP contribution is 2.19. The molecule has 19 heavy (non-hydrogen) atoms. The lowest BCUT2D eigenvalue weighted by molar-refractivity contribution is 0.102. The van der Waals surface area contributed by atoms with E-state index in [1.54, 1.807) is 22.9 Å². The second-order valence-corrected chi connectivity index (χ2v) is 4.50. The third-order valence-electron chi connectivity index (χ3n) is 2.72. The molecule has 3 heterocycles. The van der Waals surface area contributed by atoms with Crippen molar-refractivity contribution in [2.24, 2.45) is 0 Å². The van der Waals surface area contributed by atoms with E-state index in [0.29, 0.717) is 29.0 Å². The number of anilines is 1. The summed E-state index contributed by atoms with van der Waals surface area (Å²) in [6.45, 7) is 1.43. The van der Waals surface area contributed by atoms with E-state index in [4.69, 9.17) is 16.3 Å². The topological polar surface area (TPSA) is 69.0 Å². The van der Waals surface area contributed by atoms with E-state index in [2.05, 4.69) is 15.4 Å². The Hall–Kier alpha value is -2.08. The molecule has 0 fully saturated rings. The summed E-state index contributed by atoms with van der Waals surface area (Å²) in [6, 6.07) is 4.87. The van der Waals surface area contributed by atoms with Crippen LogP contribution >= 0.6 is 11.6 Å². The van der Waals surface area contributed by atoms with Crippen LogP contribution in [0.1, 0.15) is 16.9 Å². The number of hydrogen-bond donors (Lipinski definition) is 1. The second-order valence-electron chi connectivity index (χ2n) is 4.11. The molecular formula is C12H11ClN4O2. The summed E-state index contributed by atoms with van der Waals surface area (Å²) < 4.78 is 7.11. The van der Waals surface area contributed by atoms with Gasteiger partial charge >= 0.3 is 0 Å². The number of pyridine rings is 1. The number of rotatable bonds is 2. The Kier molecular flexibility index (Phi) is 3.08. The van der Waals surface area contributed by atoms with Crippen LogP contribution in [0.15, 0.2) is 24.4 Å². The standard InChI is InChI=1S/C12H11ClN4O2/c13-10-6-8(2-3-14-10)15-12(18)9-7-11-17(16-9)4-1-5-19-11/h2-3,6-7H,1,4-5H2,(H,14,15,18). The van der Waals surface area contributed by atoms with E-state index in [0.717, 1.165) is 13.0 Å². The van der Waals surface area contributed by atoms with Gasteiger partial charge in [0.15, 0.2) is 5.69 Å². The largest absolute Gasteiger partial charge is 0.478 e. The zero-order valence-corrected chi connectivity index (χ0v) is 10.7. The number of carbonyl (C=O) groups is 1. The number of amides is 1. The van der Waals surface area contributed by atoms with Gasteiger partial charge in [0.05, 0.1) is 6.61 Å². The monoisotopic (exact) mass is 278 g/mol. The Morgan fingerprint density at radius 2 is 2.37 bits per heavy atom. The number of nitrogens with one attached hydrogen (secondary N) is 1. The van der Waals surface area contributed by atoms with Gasteiger partial charge in [0.25, 0.3) is 5.91 Å². The number of halogens is 1. The summed E-state index contributed by atoms with van der Waals surface area (Å²) in [5, 5.41) is 7.24. The maximum absolute atomic E-state index is 12.0. The summed E-state index contributed by atoms with van der Waals surface area (Å²) in [5.41, 5.74) is 0.904. The number of carbonyl (C=O) groups excluding carboxylic acids is 1. The highest BCUT2D eigenvalue weighted by Gasteiger charge is 2.17.